The average molecular weight is 252 g/mol. The summed E-state index contributed by atoms with van der Waals surface area (Å²) in [6.07, 6.45) is 4.49. The Labute approximate surface area is 105 Å². The van der Waals surface area contributed by atoms with E-state index >= 15 is 0 Å². The normalized spacial score (nSPS) is 23.7. The lowest BCUT2D eigenvalue weighted by atomic mass is 9.87. The number of halogens is 1. The van der Waals surface area contributed by atoms with Crippen molar-refractivity contribution in [3.63, 3.8) is 0 Å². The molecule has 4 nitrogen and oxygen atoms in total. The van der Waals surface area contributed by atoms with Crippen molar-refractivity contribution in [1.29, 1.82) is 0 Å². The Kier molecular flexibility index (Phi) is 3.79. The maximum atomic E-state index is 13.4. The molecular formula is C13H17FN2O2. The van der Waals surface area contributed by atoms with Crippen molar-refractivity contribution in [3.05, 3.63) is 34.1 Å². The number of hydrogen-bond donors (Lipinski definition) is 1. The fourth-order valence-corrected chi connectivity index (χ4v) is 2.38. The molecule has 0 spiro atoms. The van der Waals surface area contributed by atoms with Gasteiger partial charge in [0.1, 0.15) is 0 Å². The molecule has 0 atom stereocenters. The van der Waals surface area contributed by atoms with E-state index in [2.05, 4.69) is 12.2 Å². The van der Waals surface area contributed by atoms with E-state index in [4.69, 9.17) is 0 Å². The van der Waals surface area contributed by atoms with Crippen molar-refractivity contribution in [2.75, 3.05) is 5.32 Å². The van der Waals surface area contributed by atoms with Crippen molar-refractivity contribution in [2.45, 2.75) is 38.6 Å². The van der Waals surface area contributed by atoms with Crippen molar-refractivity contribution in [2.24, 2.45) is 5.92 Å². The number of nitrogens with one attached hydrogen (secondary N) is 1. The first-order valence-electron chi connectivity index (χ1n) is 6.26. The minimum absolute atomic E-state index is 0.349. The van der Waals surface area contributed by atoms with Gasteiger partial charge in [-0.25, -0.2) is 0 Å². The molecule has 1 aromatic carbocycles. The molecule has 0 bridgehead atoms. The van der Waals surface area contributed by atoms with Crippen LogP contribution in [0.2, 0.25) is 0 Å². The molecule has 0 saturated heterocycles. The highest BCUT2D eigenvalue weighted by molar-refractivity contribution is 5.50. The number of anilines is 1. The summed E-state index contributed by atoms with van der Waals surface area (Å²) in [5, 5.41) is 13.8. The number of benzene rings is 1. The molecule has 0 unspecified atom stereocenters. The van der Waals surface area contributed by atoms with Gasteiger partial charge < -0.3 is 5.32 Å². The molecule has 0 amide bonds. The second kappa shape index (κ2) is 5.33. The summed E-state index contributed by atoms with van der Waals surface area (Å²) >= 11 is 0. The molecule has 0 radical (unpaired) electrons. The average Bonchev–Trinajstić information content (AvgIpc) is 2.32. The van der Waals surface area contributed by atoms with E-state index in [1.807, 2.05) is 0 Å². The Morgan fingerprint density at radius 3 is 2.56 bits per heavy atom. The lowest BCUT2D eigenvalue weighted by Crippen LogP contribution is -2.25. The highest BCUT2D eigenvalue weighted by atomic mass is 19.1. The first-order chi connectivity index (χ1) is 8.56. The third-order valence-corrected chi connectivity index (χ3v) is 3.53. The van der Waals surface area contributed by atoms with Crippen LogP contribution in [0.3, 0.4) is 0 Å². The lowest BCUT2D eigenvalue weighted by Gasteiger charge is -2.27. The van der Waals surface area contributed by atoms with Gasteiger partial charge in [-0.05, 0) is 37.7 Å². The summed E-state index contributed by atoms with van der Waals surface area (Å²) < 4.78 is 13.4. The third kappa shape index (κ3) is 2.97. The van der Waals surface area contributed by atoms with Crippen LogP contribution in [0.4, 0.5) is 15.8 Å². The number of hydrogen-bond acceptors (Lipinski definition) is 3. The zero-order chi connectivity index (χ0) is 13.1. The predicted octanol–water partition coefficient (Wildman–Crippen LogP) is 3.72. The van der Waals surface area contributed by atoms with Crippen molar-refractivity contribution in [3.8, 4) is 0 Å². The predicted molar refractivity (Wildman–Crippen MR) is 68.1 cm³/mol. The number of nitro groups is 1. The van der Waals surface area contributed by atoms with Crippen LogP contribution in [0.1, 0.15) is 32.6 Å². The maximum Gasteiger partial charge on any atom is 0.304 e. The molecular weight excluding hydrogens is 235 g/mol. The summed E-state index contributed by atoms with van der Waals surface area (Å²) in [7, 11) is 0. The molecule has 1 saturated carbocycles. The second-order valence-electron chi connectivity index (χ2n) is 5.02. The number of nitro benzene ring substituents is 1. The smallest absolute Gasteiger partial charge is 0.304 e. The Morgan fingerprint density at radius 2 is 2.00 bits per heavy atom. The van der Waals surface area contributed by atoms with Crippen molar-refractivity contribution >= 4 is 11.4 Å². The number of rotatable bonds is 3. The van der Waals surface area contributed by atoms with Gasteiger partial charge in [0.15, 0.2) is 0 Å². The van der Waals surface area contributed by atoms with Gasteiger partial charge >= 0.3 is 5.69 Å². The molecule has 1 aliphatic carbocycles. The fraction of sp³-hybridized carbons (Fsp3) is 0.538. The van der Waals surface area contributed by atoms with Gasteiger partial charge in [-0.3, -0.25) is 10.1 Å². The van der Waals surface area contributed by atoms with Crippen LogP contribution in [-0.4, -0.2) is 11.0 Å². The highest BCUT2D eigenvalue weighted by Crippen LogP contribution is 2.27. The van der Waals surface area contributed by atoms with Crippen LogP contribution in [0.15, 0.2) is 18.2 Å². The standard InChI is InChI=1S/C13H17FN2O2/c1-9-2-4-10(5-3-9)15-11-6-7-13(16(17)18)12(14)8-11/h6-10,15H,2-5H2,1H3. The van der Waals surface area contributed by atoms with E-state index in [-0.39, 0.29) is 0 Å². The second-order valence-corrected chi connectivity index (χ2v) is 5.02. The largest absolute Gasteiger partial charge is 0.382 e. The maximum absolute atomic E-state index is 13.4. The lowest BCUT2D eigenvalue weighted by molar-refractivity contribution is -0.387. The van der Waals surface area contributed by atoms with Gasteiger partial charge in [-0.15, -0.1) is 0 Å². The molecule has 2 rings (SSSR count). The Hall–Kier alpha value is -1.65. The van der Waals surface area contributed by atoms with E-state index in [1.54, 1.807) is 6.07 Å². The van der Waals surface area contributed by atoms with Crippen LogP contribution in [0.5, 0.6) is 0 Å². The molecule has 0 aliphatic heterocycles. The summed E-state index contributed by atoms with van der Waals surface area (Å²) in [6, 6.07) is 4.33. The number of nitrogens with zero attached hydrogens (tertiary/aromatic N) is 1. The molecule has 18 heavy (non-hydrogen) atoms. The molecule has 1 fully saturated rings. The zero-order valence-electron chi connectivity index (χ0n) is 10.4. The van der Waals surface area contributed by atoms with Gasteiger partial charge in [-0.1, -0.05) is 6.92 Å². The minimum atomic E-state index is -0.783. The van der Waals surface area contributed by atoms with Gasteiger partial charge in [-0.2, -0.15) is 4.39 Å². The summed E-state index contributed by atoms with van der Waals surface area (Å²) in [5.41, 5.74) is 0.149. The van der Waals surface area contributed by atoms with Crippen LogP contribution >= 0.6 is 0 Å². The van der Waals surface area contributed by atoms with E-state index in [9.17, 15) is 14.5 Å². The monoisotopic (exact) mass is 252 g/mol. The van der Waals surface area contributed by atoms with Crippen molar-refractivity contribution in [1.82, 2.24) is 0 Å². The Bertz CT molecular complexity index is 443. The van der Waals surface area contributed by atoms with Crippen LogP contribution in [-0.2, 0) is 0 Å². The first kappa shape index (κ1) is 12.8. The van der Waals surface area contributed by atoms with Crippen LogP contribution in [0.25, 0.3) is 0 Å². The van der Waals surface area contributed by atoms with E-state index in [0.717, 1.165) is 18.8 Å². The Balaban J connectivity index is 2.02. The van der Waals surface area contributed by atoms with E-state index in [0.29, 0.717) is 11.7 Å². The van der Waals surface area contributed by atoms with E-state index < -0.39 is 16.4 Å². The Morgan fingerprint density at radius 1 is 1.33 bits per heavy atom. The third-order valence-electron chi connectivity index (χ3n) is 3.53. The SMILES string of the molecule is CC1CCC(Nc2ccc([N+](=O)[O-])c(F)c2)CC1. The molecule has 98 valence electrons. The summed E-state index contributed by atoms with van der Waals surface area (Å²) in [4.78, 5) is 9.80. The zero-order valence-corrected chi connectivity index (χ0v) is 10.4. The molecule has 5 heteroatoms. The first-order valence-corrected chi connectivity index (χ1v) is 6.26. The molecule has 0 aromatic heterocycles. The fourth-order valence-electron chi connectivity index (χ4n) is 2.38. The van der Waals surface area contributed by atoms with Gasteiger partial charge in [0, 0.05) is 23.9 Å². The summed E-state index contributed by atoms with van der Waals surface area (Å²) in [6.45, 7) is 2.24. The topological polar surface area (TPSA) is 55.2 Å². The molecule has 1 aromatic rings. The quantitative estimate of drug-likeness (QED) is 0.658. The minimum Gasteiger partial charge on any atom is -0.382 e. The van der Waals surface area contributed by atoms with Crippen LogP contribution < -0.4 is 5.32 Å². The van der Waals surface area contributed by atoms with Gasteiger partial charge in [0.05, 0.1) is 4.92 Å². The van der Waals surface area contributed by atoms with E-state index in [1.165, 1.54) is 25.0 Å². The molecule has 1 aliphatic rings. The summed E-state index contributed by atoms with van der Waals surface area (Å²) in [5.74, 6) is -0.0224. The highest BCUT2D eigenvalue weighted by Gasteiger charge is 2.19. The van der Waals surface area contributed by atoms with Crippen molar-refractivity contribution < 1.29 is 9.31 Å². The van der Waals surface area contributed by atoms with Gasteiger partial charge in [0.2, 0.25) is 5.82 Å². The molecule has 1 N–H and O–H groups in total. The molecule has 0 heterocycles. The van der Waals surface area contributed by atoms with Crippen LogP contribution in [0, 0.1) is 21.8 Å². The van der Waals surface area contributed by atoms with Gasteiger partial charge in [0.25, 0.3) is 0 Å².